The van der Waals surface area contributed by atoms with Gasteiger partial charge in [-0.3, -0.25) is 0 Å². The fraction of sp³-hybridized carbons (Fsp3) is 0.214. The van der Waals surface area contributed by atoms with Crippen LogP contribution in [0.2, 0.25) is 0 Å². The summed E-state index contributed by atoms with van der Waals surface area (Å²) in [5.74, 6) is -3.36. The molecule has 1 heterocycles. The molecule has 0 spiro atoms. The van der Waals surface area contributed by atoms with E-state index in [9.17, 15) is 27.9 Å². The van der Waals surface area contributed by atoms with Crippen molar-refractivity contribution >= 4 is 22.8 Å². The normalized spacial score (nSPS) is 11.3. The van der Waals surface area contributed by atoms with Crippen molar-refractivity contribution in [2.45, 2.75) is 6.18 Å². The van der Waals surface area contributed by atoms with Gasteiger partial charge in [0.1, 0.15) is 11.3 Å². The van der Waals surface area contributed by atoms with E-state index >= 15 is 0 Å². The molecule has 9 heteroatoms. The summed E-state index contributed by atoms with van der Waals surface area (Å²) in [6.45, 7) is 0. The molecule has 0 amide bonds. The second kappa shape index (κ2) is 5.75. The number of carbonyl (C=O) groups excluding carboxylic acids is 2. The van der Waals surface area contributed by atoms with E-state index in [1.165, 1.54) is 0 Å². The molecule has 0 atom stereocenters. The zero-order valence-electron chi connectivity index (χ0n) is 11.9. The van der Waals surface area contributed by atoms with E-state index in [2.05, 4.69) is 14.5 Å². The Morgan fingerprint density at radius 1 is 1.13 bits per heavy atom. The molecule has 2 aromatic rings. The molecule has 23 heavy (non-hydrogen) atoms. The molecule has 2 rings (SSSR count). The van der Waals surface area contributed by atoms with Gasteiger partial charge in [0, 0.05) is 0 Å². The third-order valence-electron chi connectivity index (χ3n) is 3.06. The Bertz CT molecular complexity index is 801. The van der Waals surface area contributed by atoms with Crippen LogP contribution in [-0.4, -0.2) is 36.2 Å². The van der Waals surface area contributed by atoms with Gasteiger partial charge in [0.05, 0.1) is 30.7 Å². The molecule has 0 fully saturated rings. The highest BCUT2D eigenvalue weighted by Crippen LogP contribution is 2.40. The number of alkyl halides is 3. The second-order valence-electron chi connectivity index (χ2n) is 4.36. The first kappa shape index (κ1) is 16.5. The summed E-state index contributed by atoms with van der Waals surface area (Å²) in [5.41, 5.74) is -2.93. The Morgan fingerprint density at radius 3 is 2.26 bits per heavy atom. The predicted octanol–water partition coefficient (Wildman–Crippen LogP) is 2.53. The number of aromatic nitrogens is 1. The molecule has 1 aromatic carbocycles. The molecule has 1 aromatic heterocycles. The van der Waals surface area contributed by atoms with Crippen molar-refractivity contribution in [3.63, 3.8) is 0 Å². The first-order chi connectivity index (χ1) is 10.7. The van der Waals surface area contributed by atoms with Gasteiger partial charge in [0.2, 0.25) is 0 Å². The van der Waals surface area contributed by atoms with Crippen LogP contribution in [0.25, 0.3) is 10.9 Å². The average molecular weight is 329 g/mol. The number of halogens is 3. The van der Waals surface area contributed by atoms with E-state index in [4.69, 9.17) is 0 Å². The molecule has 122 valence electrons. The quantitative estimate of drug-likeness (QED) is 0.852. The predicted molar refractivity (Wildman–Crippen MR) is 71.1 cm³/mol. The van der Waals surface area contributed by atoms with Crippen LogP contribution in [0.1, 0.15) is 26.4 Å². The van der Waals surface area contributed by atoms with Crippen molar-refractivity contribution in [2.24, 2.45) is 0 Å². The molecule has 0 bridgehead atoms. The minimum Gasteiger partial charge on any atom is -0.506 e. The number of ether oxygens (including phenoxy) is 2. The number of esters is 2. The van der Waals surface area contributed by atoms with Crippen LogP contribution >= 0.6 is 0 Å². The summed E-state index contributed by atoms with van der Waals surface area (Å²) in [6, 6.07) is 2.96. The number of hydrogen-bond donors (Lipinski definition) is 1. The van der Waals surface area contributed by atoms with Gasteiger partial charge < -0.3 is 14.6 Å². The van der Waals surface area contributed by atoms with E-state index in [0.29, 0.717) is 0 Å². The third kappa shape index (κ3) is 2.77. The molecule has 0 saturated carbocycles. The van der Waals surface area contributed by atoms with Gasteiger partial charge in [-0.15, -0.1) is 0 Å². The fourth-order valence-corrected chi connectivity index (χ4v) is 2.07. The van der Waals surface area contributed by atoms with Crippen LogP contribution < -0.4 is 0 Å². The van der Waals surface area contributed by atoms with Crippen LogP contribution in [0.4, 0.5) is 13.2 Å². The van der Waals surface area contributed by atoms with E-state index in [0.717, 1.165) is 32.4 Å². The molecule has 0 unspecified atom stereocenters. The lowest BCUT2D eigenvalue weighted by atomic mass is 10.0. The molecular formula is C14H10F3NO5. The topological polar surface area (TPSA) is 85.7 Å². The standard InChI is InChI=1S/C14H10F3NO5/c1-22-12(20)9-10(13(21)23-2)18-7-5-3-4-6(14(15,16)17)8(7)11(9)19/h3-5H,1-2H3,(H,18,19). The molecule has 0 radical (unpaired) electrons. The van der Waals surface area contributed by atoms with Crippen LogP contribution in [0.5, 0.6) is 5.75 Å². The maximum absolute atomic E-state index is 13.1. The van der Waals surface area contributed by atoms with E-state index in [1.807, 2.05) is 0 Å². The second-order valence-corrected chi connectivity index (χ2v) is 4.36. The Balaban J connectivity index is 2.97. The zero-order valence-corrected chi connectivity index (χ0v) is 11.9. The number of carbonyl (C=O) groups is 2. The molecule has 0 aliphatic carbocycles. The summed E-state index contributed by atoms with van der Waals surface area (Å²) in [5, 5.41) is 9.47. The van der Waals surface area contributed by atoms with Crippen LogP contribution in [0.3, 0.4) is 0 Å². The maximum Gasteiger partial charge on any atom is 0.417 e. The largest absolute Gasteiger partial charge is 0.506 e. The summed E-state index contributed by atoms with van der Waals surface area (Å²) in [4.78, 5) is 27.2. The van der Waals surface area contributed by atoms with E-state index in [-0.39, 0.29) is 5.52 Å². The Hall–Kier alpha value is -2.84. The van der Waals surface area contributed by atoms with Crippen molar-refractivity contribution < 1.29 is 37.3 Å². The first-order valence-corrected chi connectivity index (χ1v) is 6.11. The number of methoxy groups -OCH3 is 2. The van der Waals surface area contributed by atoms with Crippen molar-refractivity contribution in [3.05, 3.63) is 35.0 Å². The first-order valence-electron chi connectivity index (χ1n) is 6.11. The van der Waals surface area contributed by atoms with Gasteiger partial charge in [-0.1, -0.05) is 6.07 Å². The van der Waals surface area contributed by atoms with Crippen LogP contribution in [-0.2, 0) is 15.7 Å². The lowest BCUT2D eigenvalue weighted by Gasteiger charge is -2.14. The Labute approximate surface area is 127 Å². The van der Waals surface area contributed by atoms with Crippen LogP contribution in [0, 0.1) is 0 Å². The van der Waals surface area contributed by atoms with Crippen molar-refractivity contribution in [1.29, 1.82) is 0 Å². The monoisotopic (exact) mass is 329 g/mol. The molecule has 6 nitrogen and oxygen atoms in total. The van der Waals surface area contributed by atoms with Gasteiger partial charge >= 0.3 is 18.1 Å². The zero-order chi connectivity index (χ0) is 17.4. The number of hydrogen-bond acceptors (Lipinski definition) is 6. The number of pyridine rings is 1. The Morgan fingerprint density at radius 2 is 1.74 bits per heavy atom. The van der Waals surface area contributed by atoms with E-state index in [1.54, 1.807) is 0 Å². The molecule has 0 saturated heterocycles. The summed E-state index contributed by atoms with van der Waals surface area (Å²) >= 11 is 0. The molecule has 0 aliphatic heterocycles. The van der Waals surface area contributed by atoms with Gasteiger partial charge in [0.25, 0.3) is 0 Å². The maximum atomic E-state index is 13.1. The summed E-state index contributed by atoms with van der Waals surface area (Å²) < 4.78 is 48.1. The molecule has 1 N–H and O–H groups in total. The van der Waals surface area contributed by atoms with Gasteiger partial charge in [-0.05, 0) is 12.1 Å². The molecular weight excluding hydrogens is 319 g/mol. The average Bonchev–Trinajstić information content (AvgIpc) is 2.51. The van der Waals surface area contributed by atoms with Crippen LogP contribution in [0.15, 0.2) is 18.2 Å². The number of aromatic hydroxyl groups is 1. The number of rotatable bonds is 2. The highest BCUT2D eigenvalue weighted by atomic mass is 19.4. The van der Waals surface area contributed by atoms with Gasteiger partial charge in [0.15, 0.2) is 5.69 Å². The highest BCUT2D eigenvalue weighted by molar-refractivity contribution is 6.09. The number of benzene rings is 1. The Kier molecular flexibility index (Phi) is 4.13. The van der Waals surface area contributed by atoms with Gasteiger partial charge in [-0.25, -0.2) is 14.6 Å². The fourth-order valence-electron chi connectivity index (χ4n) is 2.07. The SMILES string of the molecule is COC(=O)c1nc2cccc(C(F)(F)F)c2c(O)c1C(=O)OC. The lowest BCUT2D eigenvalue weighted by molar-refractivity contribution is -0.136. The van der Waals surface area contributed by atoms with Gasteiger partial charge in [-0.2, -0.15) is 13.2 Å². The smallest absolute Gasteiger partial charge is 0.417 e. The lowest BCUT2D eigenvalue weighted by Crippen LogP contribution is -2.16. The minimum atomic E-state index is -4.79. The number of fused-ring (bicyclic) bond motifs is 1. The van der Waals surface area contributed by atoms with Crippen molar-refractivity contribution in [3.8, 4) is 5.75 Å². The molecule has 0 aliphatic rings. The van der Waals surface area contributed by atoms with E-state index < -0.39 is 46.1 Å². The summed E-state index contributed by atoms with van der Waals surface area (Å²) in [6.07, 6.45) is -4.79. The van der Waals surface area contributed by atoms with Crippen molar-refractivity contribution in [2.75, 3.05) is 14.2 Å². The minimum absolute atomic E-state index is 0.314. The highest BCUT2D eigenvalue weighted by Gasteiger charge is 2.36. The number of nitrogens with zero attached hydrogens (tertiary/aromatic N) is 1. The third-order valence-corrected chi connectivity index (χ3v) is 3.06. The summed E-state index contributed by atoms with van der Waals surface area (Å²) in [7, 11) is 1.95. The van der Waals surface area contributed by atoms with Crippen molar-refractivity contribution in [1.82, 2.24) is 4.98 Å².